The molecular weight excluding hydrogens is 210 g/mol. The zero-order valence-electron chi connectivity index (χ0n) is 9.56. The fraction of sp³-hybridized carbons (Fsp3) is 0.818. The zero-order valence-corrected chi connectivity index (χ0v) is 9.56. The van der Waals surface area contributed by atoms with Crippen molar-refractivity contribution in [1.29, 1.82) is 0 Å². The van der Waals surface area contributed by atoms with Crippen molar-refractivity contribution < 1.29 is 19.8 Å². The summed E-state index contributed by atoms with van der Waals surface area (Å²) in [6.07, 6.45) is 4.18. The molecule has 0 amide bonds. The standard InChI is InChI=1S/C11H19NO4/c1-8-4-2-3-5-9(8)12(6-10(13)14)7-11(15)16/h8-9H,2-7H2,1H3,(H,13,14)(H,15,16)/t8-,9-/m0/s1. The van der Waals surface area contributed by atoms with Crippen LogP contribution in [0.1, 0.15) is 32.6 Å². The van der Waals surface area contributed by atoms with Crippen LogP contribution >= 0.6 is 0 Å². The second-order valence-corrected chi connectivity index (χ2v) is 4.52. The lowest BCUT2D eigenvalue weighted by molar-refractivity contribution is -0.143. The van der Waals surface area contributed by atoms with Crippen molar-refractivity contribution in [3.63, 3.8) is 0 Å². The Bertz CT molecular complexity index is 251. The van der Waals surface area contributed by atoms with Gasteiger partial charge in [0.25, 0.3) is 0 Å². The maximum Gasteiger partial charge on any atom is 0.317 e. The molecule has 0 radical (unpaired) electrons. The third-order valence-corrected chi connectivity index (χ3v) is 3.21. The number of carboxylic acid groups (broad SMARTS) is 2. The van der Waals surface area contributed by atoms with Crippen molar-refractivity contribution in [2.45, 2.75) is 38.6 Å². The van der Waals surface area contributed by atoms with Crippen LogP contribution in [-0.4, -0.2) is 46.2 Å². The third-order valence-electron chi connectivity index (χ3n) is 3.21. The van der Waals surface area contributed by atoms with Crippen LogP contribution in [-0.2, 0) is 9.59 Å². The van der Waals surface area contributed by atoms with Gasteiger partial charge in [0.1, 0.15) is 0 Å². The summed E-state index contributed by atoms with van der Waals surface area (Å²) in [6, 6.07) is 0.0981. The van der Waals surface area contributed by atoms with E-state index in [1.807, 2.05) is 0 Å². The highest BCUT2D eigenvalue weighted by Gasteiger charge is 2.29. The number of carboxylic acids is 2. The first-order valence-corrected chi connectivity index (χ1v) is 5.68. The Morgan fingerprint density at radius 2 is 1.62 bits per heavy atom. The predicted octanol–water partition coefficient (Wildman–Crippen LogP) is 1.04. The van der Waals surface area contributed by atoms with E-state index >= 15 is 0 Å². The summed E-state index contributed by atoms with van der Waals surface area (Å²) in [5, 5.41) is 17.6. The largest absolute Gasteiger partial charge is 0.480 e. The van der Waals surface area contributed by atoms with E-state index in [1.54, 1.807) is 4.90 Å². The van der Waals surface area contributed by atoms with E-state index in [1.165, 1.54) is 0 Å². The van der Waals surface area contributed by atoms with E-state index in [9.17, 15) is 9.59 Å². The Balaban J connectivity index is 2.65. The predicted molar refractivity (Wildman–Crippen MR) is 58.3 cm³/mol. The lowest BCUT2D eigenvalue weighted by Crippen LogP contribution is -2.46. The van der Waals surface area contributed by atoms with Gasteiger partial charge in [-0.05, 0) is 18.8 Å². The van der Waals surface area contributed by atoms with Crippen LogP contribution in [0.25, 0.3) is 0 Å². The van der Waals surface area contributed by atoms with Crippen LogP contribution in [0.4, 0.5) is 0 Å². The molecule has 0 aromatic rings. The van der Waals surface area contributed by atoms with Crippen molar-refractivity contribution in [2.75, 3.05) is 13.1 Å². The van der Waals surface area contributed by atoms with Crippen LogP contribution in [0.3, 0.4) is 0 Å². The highest BCUT2D eigenvalue weighted by Crippen LogP contribution is 2.27. The van der Waals surface area contributed by atoms with E-state index in [4.69, 9.17) is 10.2 Å². The molecule has 5 nitrogen and oxygen atoms in total. The number of aliphatic carboxylic acids is 2. The van der Waals surface area contributed by atoms with Gasteiger partial charge in [-0.2, -0.15) is 0 Å². The van der Waals surface area contributed by atoms with Crippen LogP contribution in [0.5, 0.6) is 0 Å². The smallest absolute Gasteiger partial charge is 0.317 e. The average Bonchev–Trinajstić information content (AvgIpc) is 2.15. The van der Waals surface area contributed by atoms with Crippen molar-refractivity contribution in [3.8, 4) is 0 Å². The monoisotopic (exact) mass is 229 g/mol. The Morgan fingerprint density at radius 3 is 2.06 bits per heavy atom. The molecule has 1 aliphatic carbocycles. The van der Waals surface area contributed by atoms with Crippen LogP contribution < -0.4 is 0 Å². The first-order chi connectivity index (χ1) is 7.50. The maximum absolute atomic E-state index is 10.7. The summed E-state index contributed by atoms with van der Waals surface area (Å²) in [7, 11) is 0. The molecule has 1 rings (SSSR count). The summed E-state index contributed by atoms with van der Waals surface area (Å²) in [5.41, 5.74) is 0. The lowest BCUT2D eigenvalue weighted by atomic mass is 9.85. The zero-order chi connectivity index (χ0) is 12.1. The molecule has 1 saturated carbocycles. The van der Waals surface area contributed by atoms with Gasteiger partial charge in [-0.15, -0.1) is 0 Å². The quantitative estimate of drug-likeness (QED) is 0.736. The molecule has 0 bridgehead atoms. The highest BCUT2D eigenvalue weighted by atomic mass is 16.4. The topological polar surface area (TPSA) is 77.8 Å². The number of hydrogen-bond acceptors (Lipinski definition) is 3. The number of carbonyl (C=O) groups is 2. The molecule has 0 aromatic carbocycles. The van der Waals surface area contributed by atoms with Gasteiger partial charge in [0.15, 0.2) is 0 Å². The van der Waals surface area contributed by atoms with Crippen LogP contribution in [0.15, 0.2) is 0 Å². The molecule has 2 atom stereocenters. The first-order valence-electron chi connectivity index (χ1n) is 5.68. The summed E-state index contributed by atoms with van der Waals surface area (Å²) in [5.74, 6) is -1.54. The Morgan fingerprint density at radius 1 is 1.12 bits per heavy atom. The van der Waals surface area contributed by atoms with Gasteiger partial charge in [-0.25, -0.2) is 0 Å². The summed E-state index contributed by atoms with van der Waals surface area (Å²) < 4.78 is 0. The van der Waals surface area contributed by atoms with Crippen molar-refractivity contribution in [3.05, 3.63) is 0 Å². The second kappa shape index (κ2) is 5.84. The molecule has 1 fully saturated rings. The molecular formula is C11H19NO4. The van der Waals surface area contributed by atoms with Gasteiger partial charge in [-0.1, -0.05) is 19.8 Å². The molecule has 0 aliphatic heterocycles. The number of rotatable bonds is 5. The maximum atomic E-state index is 10.7. The van der Waals surface area contributed by atoms with Gasteiger partial charge >= 0.3 is 11.9 Å². The summed E-state index contributed by atoms with van der Waals surface area (Å²) >= 11 is 0. The van der Waals surface area contributed by atoms with E-state index < -0.39 is 11.9 Å². The van der Waals surface area contributed by atoms with Crippen LogP contribution in [0.2, 0.25) is 0 Å². The van der Waals surface area contributed by atoms with Gasteiger partial charge in [0.2, 0.25) is 0 Å². The molecule has 1 aliphatic rings. The Kier molecular flexibility index (Phi) is 4.73. The van der Waals surface area contributed by atoms with Gasteiger partial charge < -0.3 is 10.2 Å². The van der Waals surface area contributed by atoms with Crippen molar-refractivity contribution >= 4 is 11.9 Å². The van der Waals surface area contributed by atoms with E-state index in [-0.39, 0.29) is 19.1 Å². The Labute approximate surface area is 95.1 Å². The minimum atomic E-state index is -0.959. The fourth-order valence-corrected chi connectivity index (χ4v) is 2.48. The summed E-state index contributed by atoms with van der Waals surface area (Å²) in [6.45, 7) is 1.71. The molecule has 92 valence electrons. The molecule has 0 aromatic heterocycles. The lowest BCUT2D eigenvalue weighted by Gasteiger charge is -2.36. The van der Waals surface area contributed by atoms with Gasteiger partial charge in [0.05, 0.1) is 13.1 Å². The summed E-state index contributed by atoms with van der Waals surface area (Å²) in [4.78, 5) is 23.0. The Hall–Kier alpha value is -1.10. The van der Waals surface area contributed by atoms with Gasteiger partial charge in [0, 0.05) is 6.04 Å². The van der Waals surface area contributed by atoms with Gasteiger partial charge in [-0.3, -0.25) is 14.5 Å². The highest BCUT2D eigenvalue weighted by molar-refractivity contribution is 5.72. The molecule has 0 heterocycles. The number of nitrogens with zero attached hydrogens (tertiary/aromatic N) is 1. The molecule has 2 N–H and O–H groups in total. The van der Waals surface area contributed by atoms with E-state index in [0.29, 0.717) is 5.92 Å². The minimum Gasteiger partial charge on any atom is -0.480 e. The molecule has 0 saturated heterocycles. The van der Waals surface area contributed by atoms with Crippen LogP contribution in [0, 0.1) is 5.92 Å². The molecule has 5 heteroatoms. The number of hydrogen-bond donors (Lipinski definition) is 2. The normalized spacial score (nSPS) is 25.6. The molecule has 16 heavy (non-hydrogen) atoms. The van der Waals surface area contributed by atoms with E-state index in [2.05, 4.69) is 6.92 Å². The minimum absolute atomic E-state index is 0.0981. The fourth-order valence-electron chi connectivity index (χ4n) is 2.48. The molecule has 0 unspecified atom stereocenters. The molecule has 0 spiro atoms. The average molecular weight is 229 g/mol. The SMILES string of the molecule is C[C@H]1CCCC[C@@H]1N(CC(=O)O)CC(=O)O. The van der Waals surface area contributed by atoms with E-state index in [0.717, 1.165) is 25.7 Å². The second-order valence-electron chi connectivity index (χ2n) is 4.52. The van der Waals surface area contributed by atoms with Crippen molar-refractivity contribution in [1.82, 2.24) is 4.90 Å². The van der Waals surface area contributed by atoms with Crippen molar-refractivity contribution in [2.24, 2.45) is 5.92 Å². The first kappa shape index (κ1) is 13.0. The third kappa shape index (κ3) is 3.81.